The predicted molar refractivity (Wildman–Crippen MR) is 144 cm³/mol. The van der Waals surface area contributed by atoms with E-state index in [0.717, 1.165) is 43.8 Å². The van der Waals surface area contributed by atoms with Gasteiger partial charge in [0.25, 0.3) is 0 Å². The fourth-order valence-corrected chi connectivity index (χ4v) is 5.12. The topological polar surface area (TPSA) is 56.9 Å². The largest absolute Gasteiger partial charge is 0.493 e. The molecule has 2 heterocycles. The van der Waals surface area contributed by atoms with Crippen molar-refractivity contribution in [2.45, 2.75) is 11.8 Å². The van der Waals surface area contributed by atoms with Crippen molar-refractivity contribution in [1.29, 1.82) is 0 Å². The summed E-state index contributed by atoms with van der Waals surface area (Å²) in [4.78, 5) is 12.1. The van der Waals surface area contributed by atoms with Gasteiger partial charge >= 0.3 is 0 Å². The number of aryl methyl sites for hydroxylation is 1. The molecule has 0 saturated carbocycles. The smallest absolute Gasteiger partial charge is 0.210 e. The maximum Gasteiger partial charge on any atom is 0.210 e. The maximum absolute atomic E-state index is 6.24. The van der Waals surface area contributed by atoms with Gasteiger partial charge in [-0.1, -0.05) is 35.6 Å². The summed E-state index contributed by atoms with van der Waals surface area (Å²) in [7, 11) is 3.26. The Labute approximate surface area is 212 Å². The van der Waals surface area contributed by atoms with Crippen molar-refractivity contribution in [3.05, 3.63) is 83.0 Å². The second-order valence-electron chi connectivity index (χ2n) is 7.80. The Balaban J connectivity index is 1.62. The third kappa shape index (κ3) is 4.70. The minimum atomic E-state index is 0.670. The molecule has 5 nitrogen and oxygen atoms in total. The van der Waals surface area contributed by atoms with Gasteiger partial charge in [-0.15, -0.1) is 11.8 Å². The van der Waals surface area contributed by atoms with Crippen molar-refractivity contribution < 1.29 is 13.9 Å². The molecule has 0 saturated heterocycles. The first-order chi connectivity index (χ1) is 17.1. The molecule has 0 aliphatic carbocycles. The van der Waals surface area contributed by atoms with Crippen molar-refractivity contribution in [1.82, 2.24) is 4.98 Å². The van der Waals surface area contributed by atoms with Crippen molar-refractivity contribution in [2.75, 3.05) is 20.5 Å². The lowest BCUT2D eigenvalue weighted by Crippen LogP contribution is -2.03. The van der Waals surface area contributed by atoms with Gasteiger partial charge in [0.2, 0.25) is 5.13 Å². The zero-order chi connectivity index (χ0) is 24.4. The average Bonchev–Trinajstić information content (AvgIpc) is 3.27. The van der Waals surface area contributed by atoms with Crippen LogP contribution in [0.5, 0.6) is 11.5 Å². The zero-order valence-electron chi connectivity index (χ0n) is 19.9. The first kappa shape index (κ1) is 23.2. The Bertz CT molecular complexity index is 1570. The number of thiazole rings is 1. The number of thioether (sulfide) groups is 1. The predicted octanol–water partition coefficient (Wildman–Crippen LogP) is 7.50. The number of para-hydroxylation sites is 1. The third-order valence-electron chi connectivity index (χ3n) is 5.68. The van der Waals surface area contributed by atoms with Crippen LogP contribution in [0.15, 0.2) is 87.1 Å². The van der Waals surface area contributed by atoms with E-state index in [-0.39, 0.29) is 0 Å². The highest BCUT2D eigenvalue weighted by Gasteiger charge is 2.13. The second-order valence-corrected chi connectivity index (χ2v) is 9.86. The molecule has 35 heavy (non-hydrogen) atoms. The number of nitrogens with zero attached hydrogens (tertiary/aromatic N) is 2. The van der Waals surface area contributed by atoms with Crippen LogP contribution in [0.2, 0.25) is 0 Å². The lowest BCUT2D eigenvalue weighted by Gasteiger charge is -2.08. The molecule has 0 N–H and O–H groups in total. The quantitative estimate of drug-likeness (QED) is 0.226. The van der Waals surface area contributed by atoms with Crippen molar-refractivity contribution in [3.8, 4) is 34.1 Å². The van der Waals surface area contributed by atoms with Crippen molar-refractivity contribution in [3.63, 3.8) is 0 Å². The number of methoxy groups -OCH3 is 2. The van der Waals surface area contributed by atoms with E-state index in [1.807, 2.05) is 48.5 Å². The van der Waals surface area contributed by atoms with Gasteiger partial charge < -0.3 is 13.9 Å². The van der Waals surface area contributed by atoms with Crippen molar-refractivity contribution in [2.24, 2.45) is 4.99 Å². The van der Waals surface area contributed by atoms with E-state index in [1.165, 1.54) is 4.90 Å². The molecular formula is C28H24N2O3S2. The van der Waals surface area contributed by atoms with E-state index >= 15 is 0 Å². The number of hydrogen-bond acceptors (Lipinski definition) is 7. The van der Waals surface area contributed by atoms with E-state index < -0.39 is 0 Å². The van der Waals surface area contributed by atoms with Gasteiger partial charge in [-0.2, -0.15) is 0 Å². The Morgan fingerprint density at radius 2 is 1.63 bits per heavy atom. The highest BCUT2D eigenvalue weighted by molar-refractivity contribution is 7.98. The summed E-state index contributed by atoms with van der Waals surface area (Å²) >= 11 is 3.27. The number of fused-ring (bicyclic) bond motifs is 1. The Morgan fingerprint density at radius 1 is 0.886 bits per heavy atom. The van der Waals surface area contributed by atoms with E-state index in [9.17, 15) is 0 Å². The summed E-state index contributed by atoms with van der Waals surface area (Å²) in [5.41, 5.74) is 3.63. The molecule has 176 valence electrons. The molecule has 0 fully saturated rings. The molecule has 5 aromatic rings. The van der Waals surface area contributed by atoms with Crippen molar-refractivity contribution >= 4 is 39.2 Å². The SMILES string of the molecule is COc1ccc(-c2nc(/N=c3\cc(-c4ccc(SC)cc4)oc4ccccc34)sc2C)cc1OC. The first-order valence-electron chi connectivity index (χ1n) is 11.0. The molecule has 0 unspecified atom stereocenters. The lowest BCUT2D eigenvalue weighted by atomic mass is 10.1. The molecule has 0 radical (unpaired) electrons. The molecule has 0 aliphatic rings. The molecule has 7 heteroatoms. The van der Waals surface area contributed by atoms with Crippen LogP contribution in [-0.4, -0.2) is 25.5 Å². The highest BCUT2D eigenvalue weighted by Crippen LogP contribution is 2.36. The first-order valence-corrected chi connectivity index (χ1v) is 13.1. The van der Waals surface area contributed by atoms with Gasteiger partial charge in [0.05, 0.1) is 25.3 Å². The summed E-state index contributed by atoms with van der Waals surface area (Å²) in [6, 6.07) is 24.1. The summed E-state index contributed by atoms with van der Waals surface area (Å²) in [5, 5.41) is 2.45. The second kappa shape index (κ2) is 9.98. The van der Waals surface area contributed by atoms with Crippen LogP contribution in [0.4, 0.5) is 5.13 Å². The van der Waals surface area contributed by atoms with Gasteiger partial charge in [0.15, 0.2) is 11.5 Å². The van der Waals surface area contributed by atoms with Crippen LogP contribution in [-0.2, 0) is 0 Å². The van der Waals surface area contributed by atoms with E-state index in [0.29, 0.717) is 16.6 Å². The lowest BCUT2D eigenvalue weighted by molar-refractivity contribution is 0.355. The van der Waals surface area contributed by atoms with E-state index in [1.54, 1.807) is 37.3 Å². The number of benzene rings is 3. The Kier molecular flexibility index (Phi) is 6.61. The number of ether oxygens (including phenoxy) is 2. The van der Waals surface area contributed by atoms with Crippen LogP contribution < -0.4 is 14.8 Å². The summed E-state index contributed by atoms with van der Waals surface area (Å²) in [5.74, 6) is 2.12. The molecule has 2 aromatic heterocycles. The summed E-state index contributed by atoms with van der Waals surface area (Å²) < 4.78 is 17.1. The molecule has 0 bridgehead atoms. The minimum Gasteiger partial charge on any atom is -0.493 e. The van der Waals surface area contributed by atoms with E-state index in [4.69, 9.17) is 23.9 Å². The van der Waals surface area contributed by atoms with Crippen LogP contribution >= 0.6 is 23.1 Å². The molecule has 0 aliphatic heterocycles. The standard InChI is InChI=1S/C28H24N2O3S2/c1-17-27(19-11-14-24(31-2)26(15-19)32-3)30-28(35-17)29-22-16-25(18-9-12-20(34-4)13-10-18)33-23-8-6-5-7-21(22)23/h5-16H,1-4H3/b29-22+. The Hall–Kier alpha value is -3.55. The normalized spacial score (nSPS) is 11.7. The minimum absolute atomic E-state index is 0.670. The van der Waals surface area contributed by atoms with Crippen LogP contribution in [0, 0.1) is 6.92 Å². The molecule has 0 spiro atoms. The zero-order valence-corrected chi connectivity index (χ0v) is 21.5. The van der Waals surface area contributed by atoms with Gasteiger partial charge in [0.1, 0.15) is 11.3 Å². The summed E-state index contributed by atoms with van der Waals surface area (Å²) in [6.07, 6.45) is 2.07. The maximum atomic E-state index is 6.24. The van der Waals surface area contributed by atoms with Crippen LogP contribution in [0.3, 0.4) is 0 Å². The number of hydrogen-bond donors (Lipinski definition) is 0. The number of aromatic nitrogens is 1. The fourth-order valence-electron chi connectivity index (χ4n) is 3.89. The molecule has 3 aromatic carbocycles. The fraction of sp³-hybridized carbons (Fsp3) is 0.143. The molecule has 5 rings (SSSR count). The Morgan fingerprint density at radius 3 is 2.37 bits per heavy atom. The summed E-state index contributed by atoms with van der Waals surface area (Å²) in [6.45, 7) is 2.06. The van der Waals surface area contributed by atoms with Crippen LogP contribution in [0.25, 0.3) is 33.6 Å². The molecule has 0 amide bonds. The third-order valence-corrected chi connectivity index (χ3v) is 7.29. The van der Waals surface area contributed by atoms with Gasteiger partial charge in [-0.3, -0.25) is 0 Å². The van der Waals surface area contributed by atoms with Crippen LogP contribution in [0.1, 0.15) is 4.88 Å². The van der Waals surface area contributed by atoms with Gasteiger partial charge in [-0.05, 0) is 55.6 Å². The molecular weight excluding hydrogens is 476 g/mol. The monoisotopic (exact) mass is 500 g/mol. The van der Waals surface area contributed by atoms with E-state index in [2.05, 4.69) is 37.4 Å². The van der Waals surface area contributed by atoms with Gasteiger partial charge in [0, 0.05) is 32.4 Å². The molecule has 0 atom stereocenters. The highest BCUT2D eigenvalue weighted by atomic mass is 32.2. The van der Waals surface area contributed by atoms with Gasteiger partial charge in [-0.25, -0.2) is 9.98 Å². The average molecular weight is 501 g/mol. The number of rotatable bonds is 6.